The van der Waals surface area contributed by atoms with Gasteiger partial charge in [0.1, 0.15) is 34.2 Å². The molecule has 0 amide bonds. The monoisotopic (exact) mass is 422 g/mol. The summed E-state index contributed by atoms with van der Waals surface area (Å²) in [6.45, 7) is 0. The Hall–Kier alpha value is -4.40. The van der Waals surface area contributed by atoms with Gasteiger partial charge in [-0.3, -0.25) is 9.59 Å². The first-order valence-electron chi connectivity index (χ1n) is 8.87. The topological polar surface area (TPSA) is 136 Å². The van der Waals surface area contributed by atoms with Gasteiger partial charge >= 0.3 is 11.9 Å². The first-order chi connectivity index (χ1) is 14.8. The van der Waals surface area contributed by atoms with Gasteiger partial charge in [0.2, 0.25) is 11.6 Å². The van der Waals surface area contributed by atoms with Crippen molar-refractivity contribution in [1.82, 2.24) is 0 Å². The molecule has 2 aliphatic carbocycles. The molecule has 4 rings (SSSR count). The molecule has 2 aromatic carbocycles. The van der Waals surface area contributed by atoms with E-state index < -0.39 is 46.2 Å². The number of carbonyl (C=O) groups is 4. The van der Waals surface area contributed by atoms with Gasteiger partial charge in [-0.05, 0) is 36.4 Å². The van der Waals surface area contributed by atoms with E-state index in [-0.39, 0.29) is 33.8 Å². The molecule has 0 aliphatic heterocycles. The maximum absolute atomic E-state index is 12.3. The molecule has 9 heteroatoms. The summed E-state index contributed by atoms with van der Waals surface area (Å²) >= 11 is 0. The molecule has 31 heavy (non-hydrogen) atoms. The van der Waals surface area contributed by atoms with Crippen LogP contribution in [0, 0.1) is 0 Å². The van der Waals surface area contributed by atoms with Crippen molar-refractivity contribution in [2.24, 2.45) is 0 Å². The van der Waals surface area contributed by atoms with Crippen LogP contribution in [0.3, 0.4) is 0 Å². The number of Topliss-reactive ketones (excluding diaryl/α,β-unsaturated/α-hetero) is 2. The second-order valence-corrected chi connectivity index (χ2v) is 6.61. The van der Waals surface area contributed by atoms with E-state index in [4.69, 9.17) is 4.74 Å². The van der Waals surface area contributed by atoms with Gasteiger partial charge < -0.3 is 24.4 Å². The van der Waals surface area contributed by atoms with Crippen LogP contribution in [0.25, 0.3) is 11.5 Å². The molecule has 0 aromatic heterocycles. The van der Waals surface area contributed by atoms with Crippen LogP contribution in [-0.2, 0) is 19.1 Å². The number of aliphatic hydroxyl groups excluding tert-OH is 2. The van der Waals surface area contributed by atoms with Gasteiger partial charge in [-0.1, -0.05) is 0 Å². The van der Waals surface area contributed by atoms with Crippen LogP contribution in [0.1, 0.15) is 31.8 Å². The van der Waals surface area contributed by atoms with E-state index in [1.807, 2.05) is 0 Å². The number of benzene rings is 2. The first kappa shape index (κ1) is 19.9. The highest BCUT2D eigenvalue weighted by Crippen LogP contribution is 2.38. The van der Waals surface area contributed by atoms with Crippen LogP contribution in [0.15, 0.2) is 47.5 Å². The average Bonchev–Trinajstić information content (AvgIpc) is 3.16. The van der Waals surface area contributed by atoms with Crippen molar-refractivity contribution in [1.29, 1.82) is 0 Å². The number of methoxy groups -OCH3 is 2. The molecule has 0 saturated heterocycles. The molecular weight excluding hydrogens is 408 g/mol. The van der Waals surface area contributed by atoms with Gasteiger partial charge in [-0.2, -0.15) is 0 Å². The number of ether oxygens (including phenoxy) is 3. The molecular formula is C22H14O9. The Morgan fingerprint density at radius 1 is 0.677 bits per heavy atom. The third-order valence-corrected chi connectivity index (χ3v) is 4.92. The van der Waals surface area contributed by atoms with Crippen molar-refractivity contribution >= 4 is 35.0 Å². The number of carbonyl (C=O) groups excluding carboxylic acids is 4. The molecule has 9 nitrogen and oxygen atoms in total. The summed E-state index contributed by atoms with van der Waals surface area (Å²) in [7, 11) is 2.20. The summed E-state index contributed by atoms with van der Waals surface area (Å²) in [5, 5.41) is 20.6. The summed E-state index contributed by atoms with van der Waals surface area (Å²) in [5.41, 5.74) is -0.474. The van der Waals surface area contributed by atoms with E-state index in [2.05, 4.69) is 9.47 Å². The van der Waals surface area contributed by atoms with E-state index in [1.165, 1.54) is 36.4 Å². The molecule has 0 atom stereocenters. The third-order valence-electron chi connectivity index (χ3n) is 4.92. The predicted molar refractivity (Wildman–Crippen MR) is 105 cm³/mol. The summed E-state index contributed by atoms with van der Waals surface area (Å²) < 4.78 is 14.8. The van der Waals surface area contributed by atoms with Gasteiger partial charge in [-0.15, -0.1) is 0 Å². The van der Waals surface area contributed by atoms with Gasteiger partial charge in [-0.25, -0.2) is 9.59 Å². The van der Waals surface area contributed by atoms with Crippen molar-refractivity contribution in [3.63, 3.8) is 0 Å². The fourth-order valence-corrected chi connectivity index (χ4v) is 3.43. The van der Waals surface area contributed by atoms with Crippen LogP contribution >= 0.6 is 0 Å². The molecule has 0 saturated carbocycles. The van der Waals surface area contributed by atoms with Gasteiger partial charge in [0.15, 0.2) is 0 Å². The minimum absolute atomic E-state index is 0.106. The zero-order chi connectivity index (χ0) is 22.4. The maximum Gasteiger partial charge on any atom is 0.345 e. The number of ketones is 2. The van der Waals surface area contributed by atoms with Crippen LogP contribution in [0.4, 0.5) is 0 Å². The standard InChI is InChI=1S/C22H14O9/c1-29-21(27)15-17(23)11-5-3-9(7-13(11)19(15)25)31-10-4-6-12-14(8-10)20(26)16(18(12)24)22(28)30-2/h3-8,25-26H,1-2H3. The molecule has 0 fully saturated rings. The number of hydrogen-bond acceptors (Lipinski definition) is 9. The fraction of sp³-hybridized carbons (Fsp3) is 0.0909. The highest BCUT2D eigenvalue weighted by atomic mass is 16.5. The Kier molecular flexibility index (Phi) is 4.58. The lowest BCUT2D eigenvalue weighted by atomic mass is 10.1. The largest absolute Gasteiger partial charge is 0.506 e. The molecule has 156 valence electrons. The van der Waals surface area contributed by atoms with Crippen LogP contribution in [-0.4, -0.2) is 47.9 Å². The Labute approximate surface area is 174 Å². The normalized spacial score (nSPS) is 14.5. The van der Waals surface area contributed by atoms with Crippen molar-refractivity contribution in [2.75, 3.05) is 14.2 Å². The summed E-state index contributed by atoms with van der Waals surface area (Å²) in [6, 6.07) is 8.43. The van der Waals surface area contributed by atoms with Gasteiger partial charge in [0, 0.05) is 22.3 Å². The lowest BCUT2D eigenvalue weighted by Crippen LogP contribution is -2.12. The summed E-state index contributed by atoms with van der Waals surface area (Å²) in [6.07, 6.45) is 0. The summed E-state index contributed by atoms with van der Waals surface area (Å²) in [4.78, 5) is 48.2. The highest BCUT2D eigenvalue weighted by molar-refractivity contribution is 6.33. The number of fused-ring (bicyclic) bond motifs is 2. The lowest BCUT2D eigenvalue weighted by Gasteiger charge is -2.09. The molecule has 2 N–H and O–H groups in total. The maximum atomic E-state index is 12.3. The van der Waals surface area contributed by atoms with Crippen LogP contribution in [0.2, 0.25) is 0 Å². The quantitative estimate of drug-likeness (QED) is 0.563. The van der Waals surface area contributed by atoms with E-state index >= 15 is 0 Å². The summed E-state index contributed by atoms with van der Waals surface area (Å²) in [5.74, 6) is -3.82. The van der Waals surface area contributed by atoms with Crippen molar-refractivity contribution < 1.29 is 43.6 Å². The third kappa shape index (κ3) is 2.94. The Morgan fingerprint density at radius 3 is 1.42 bits per heavy atom. The minimum Gasteiger partial charge on any atom is -0.506 e. The number of rotatable bonds is 4. The number of esters is 2. The Balaban J connectivity index is 1.68. The van der Waals surface area contributed by atoms with E-state index in [0.717, 1.165) is 14.2 Å². The average molecular weight is 422 g/mol. The Bertz CT molecular complexity index is 1170. The molecule has 2 aliphatic rings. The zero-order valence-electron chi connectivity index (χ0n) is 16.2. The zero-order valence-corrected chi connectivity index (χ0v) is 16.2. The van der Waals surface area contributed by atoms with Crippen molar-refractivity contribution in [3.8, 4) is 11.5 Å². The van der Waals surface area contributed by atoms with Crippen molar-refractivity contribution in [2.45, 2.75) is 0 Å². The van der Waals surface area contributed by atoms with Crippen LogP contribution in [0.5, 0.6) is 11.5 Å². The van der Waals surface area contributed by atoms with E-state index in [9.17, 15) is 29.4 Å². The van der Waals surface area contributed by atoms with Crippen molar-refractivity contribution in [3.05, 3.63) is 69.8 Å². The lowest BCUT2D eigenvalue weighted by molar-refractivity contribution is -0.136. The highest BCUT2D eigenvalue weighted by Gasteiger charge is 2.36. The number of hydrogen-bond donors (Lipinski definition) is 2. The van der Waals surface area contributed by atoms with E-state index in [1.54, 1.807) is 0 Å². The van der Waals surface area contributed by atoms with E-state index in [0.29, 0.717) is 0 Å². The predicted octanol–water partition coefficient (Wildman–Crippen LogP) is 2.76. The SMILES string of the molecule is COC(=O)C1=C(O)c2cc(Oc3ccc4c(c3)C(O)=C(C(=O)OC)C4=O)ccc2C1=O. The van der Waals surface area contributed by atoms with Crippen LogP contribution < -0.4 is 4.74 Å². The molecule has 2 aromatic rings. The molecule has 0 heterocycles. The smallest absolute Gasteiger partial charge is 0.345 e. The molecule has 0 unspecified atom stereocenters. The van der Waals surface area contributed by atoms with Gasteiger partial charge in [0.05, 0.1) is 14.2 Å². The molecule has 0 radical (unpaired) electrons. The second-order valence-electron chi connectivity index (χ2n) is 6.61. The molecule has 0 spiro atoms. The molecule has 0 bridgehead atoms. The number of aliphatic hydroxyl groups is 2. The second kappa shape index (κ2) is 7.13. The first-order valence-corrected chi connectivity index (χ1v) is 8.87. The Morgan fingerprint density at radius 2 is 1.06 bits per heavy atom. The van der Waals surface area contributed by atoms with Gasteiger partial charge in [0.25, 0.3) is 0 Å². The minimum atomic E-state index is -0.951. The fourth-order valence-electron chi connectivity index (χ4n) is 3.43.